The van der Waals surface area contributed by atoms with Crippen LogP contribution >= 0.6 is 39.0 Å². The Hall–Kier alpha value is -2.30. The lowest BCUT2D eigenvalue weighted by molar-refractivity contribution is -0.113. The fourth-order valence-corrected chi connectivity index (χ4v) is 3.70. The van der Waals surface area contributed by atoms with E-state index in [1.807, 2.05) is 41.8 Å². The Bertz CT molecular complexity index is 1050. The van der Waals surface area contributed by atoms with Gasteiger partial charge in [0.2, 0.25) is 11.1 Å². The van der Waals surface area contributed by atoms with Crippen LogP contribution in [0.2, 0.25) is 0 Å². The SMILES string of the molecule is O=C(CSc1nnc2ccc(-c3ccc(Br)cc3)nn12)Nc1nccs1. The molecule has 130 valence electrons. The Kier molecular flexibility index (Phi) is 4.96. The van der Waals surface area contributed by atoms with Crippen molar-refractivity contribution in [3.8, 4) is 11.3 Å². The number of fused-ring (bicyclic) bond motifs is 1. The number of halogens is 1. The van der Waals surface area contributed by atoms with E-state index < -0.39 is 0 Å². The molecule has 0 saturated carbocycles. The molecule has 3 heterocycles. The molecule has 0 aliphatic carbocycles. The predicted molar refractivity (Wildman–Crippen MR) is 105 cm³/mol. The number of rotatable bonds is 5. The van der Waals surface area contributed by atoms with Crippen molar-refractivity contribution in [2.24, 2.45) is 0 Å². The van der Waals surface area contributed by atoms with Crippen LogP contribution in [-0.4, -0.2) is 36.5 Å². The first kappa shape index (κ1) is 17.1. The van der Waals surface area contributed by atoms with Crippen molar-refractivity contribution in [2.75, 3.05) is 11.1 Å². The second-order valence-corrected chi connectivity index (χ2v) is 7.90. The van der Waals surface area contributed by atoms with Gasteiger partial charge in [-0.25, -0.2) is 4.98 Å². The average molecular weight is 447 g/mol. The van der Waals surface area contributed by atoms with E-state index in [9.17, 15) is 4.79 Å². The third-order valence-corrected chi connectivity index (χ3v) is 5.52. The summed E-state index contributed by atoms with van der Waals surface area (Å²) in [6.07, 6.45) is 1.65. The predicted octanol–water partition coefficient (Wildman–Crippen LogP) is 3.74. The molecule has 4 rings (SSSR count). The highest BCUT2D eigenvalue weighted by Gasteiger charge is 2.12. The van der Waals surface area contributed by atoms with Gasteiger partial charge in [0.05, 0.1) is 11.4 Å². The lowest BCUT2D eigenvalue weighted by atomic mass is 10.1. The molecular formula is C16H11BrN6OS2. The Morgan fingerprint density at radius 1 is 1.19 bits per heavy atom. The van der Waals surface area contributed by atoms with Gasteiger partial charge in [0.15, 0.2) is 10.8 Å². The van der Waals surface area contributed by atoms with Crippen LogP contribution in [0.15, 0.2) is 57.6 Å². The minimum Gasteiger partial charge on any atom is -0.301 e. The van der Waals surface area contributed by atoms with Gasteiger partial charge in [0.1, 0.15) is 0 Å². The lowest BCUT2D eigenvalue weighted by Gasteiger charge is -2.03. The number of carbonyl (C=O) groups excluding carboxylic acids is 1. The number of hydrogen-bond acceptors (Lipinski definition) is 7. The number of benzene rings is 1. The summed E-state index contributed by atoms with van der Waals surface area (Å²) in [7, 11) is 0. The smallest absolute Gasteiger partial charge is 0.236 e. The van der Waals surface area contributed by atoms with Gasteiger partial charge in [0.25, 0.3) is 0 Å². The first-order chi connectivity index (χ1) is 12.7. The van der Waals surface area contributed by atoms with E-state index in [0.717, 1.165) is 15.7 Å². The number of anilines is 1. The summed E-state index contributed by atoms with van der Waals surface area (Å²) in [4.78, 5) is 16.0. The molecule has 0 aliphatic rings. The summed E-state index contributed by atoms with van der Waals surface area (Å²) in [5.41, 5.74) is 2.42. The molecule has 0 atom stereocenters. The zero-order valence-electron chi connectivity index (χ0n) is 13.2. The van der Waals surface area contributed by atoms with Crippen LogP contribution in [0.3, 0.4) is 0 Å². The third-order valence-electron chi connectivity index (χ3n) is 3.39. The number of nitrogens with one attached hydrogen (secondary N) is 1. The fraction of sp³-hybridized carbons (Fsp3) is 0.0625. The topological polar surface area (TPSA) is 85.1 Å². The van der Waals surface area contributed by atoms with E-state index in [4.69, 9.17) is 0 Å². The Balaban J connectivity index is 1.53. The number of carbonyl (C=O) groups is 1. The fourth-order valence-electron chi connectivity index (χ4n) is 2.20. The number of hydrogen-bond donors (Lipinski definition) is 1. The molecule has 0 unspecified atom stereocenters. The molecule has 0 aliphatic heterocycles. The van der Waals surface area contributed by atoms with Gasteiger partial charge in [-0.2, -0.15) is 9.61 Å². The zero-order chi connectivity index (χ0) is 17.9. The van der Waals surface area contributed by atoms with Crippen molar-refractivity contribution in [3.63, 3.8) is 0 Å². The van der Waals surface area contributed by atoms with E-state index in [-0.39, 0.29) is 11.7 Å². The van der Waals surface area contributed by atoms with Crippen molar-refractivity contribution >= 4 is 55.7 Å². The van der Waals surface area contributed by atoms with Crippen molar-refractivity contribution in [1.29, 1.82) is 0 Å². The Labute approximate surface area is 165 Å². The molecule has 0 fully saturated rings. The van der Waals surface area contributed by atoms with Crippen LogP contribution in [0, 0.1) is 0 Å². The third kappa shape index (κ3) is 3.76. The minimum absolute atomic E-state index is 0.147. The highest BCUT2D eigenvalue weighted by Crippen LogP contribution is 2.22. The molecule has 1 N–H and O–H groups in total. The normalized spacial score (nSPS) is 11.0. The molecule has 26 heavy (non-hydrogen) atoms. The standard InChI is InChI=1S/C16H11BrN6OS2/c17-11-3-1-10(2-4-11)12-5-6-13-20-21-16(23(13)22-12)26-9-14(24)19-15-18-7-8-25-15/h1-8H,9H2,(H,18,19,24). The van der Waals surface area contributed by atoms with Crippen LogP contribution in [0.4, 0.5) is 5.13 Å². The lowest BCUT2D eigenvalue weighted by Crippen LogP contribution is -2.14. The first-order valence-electron chi connectivity index (χ1n) is 7.49. The van der Waals surface area contributed by atoms with Crippen LogP contribution in [0.25, 0.3) is 16.9 Å². The molecule has 1 amide bonds. The van der Waals surface area contributed by atoms with E-state index in [1.165, 1.54) is 23.1 Å². The Morgan fingerprint density at radius 3 is 2.81 bits per heavy atom. The number of aromatic nitrogens is 5. The minimum atomic E-state index is -0.147. The molecular weight excluding hydrogens is 436 g/mol. The summed E-state index contributed by atoms with van der Waals surface area (Å²) in [5, 5.41) is 18.5. The molecule has 1 aromatic carbocycles. The molecule has 0 spiro atoms. The first-order valence-corrected chi connectivity index (χ1v) is 10.2. The van der Waals surface area contributed by atoms with E-state index in [1.54, 1.807) is 10.7 Å². The molecule has 0 radical (unpaired) electrons. The highest BCUT2D eigenvalue weighted by atomic mass is 79.9. The number of amides is 1. The molecule has 0 saturated heterocycles. The highest BCUT2D eigenvalue weighted by molar-refractivity contribution is 9.10. The van der Waals surface area contributed by atoms with Gasteiger partial charge in [-0.3, -0.25) is 4.79 Å². The maximum Gasteiger partial charge on any atom is 0.236 e. The van der Waals surface area contributed by atoms with E-state index in [2.05, 4.69) is 41.5 Å². The van der Waals surface area contributed by atoms with Gasteiger partial charge < -0.3 is 5.32 Å². The van der Waals surface area contributed by atoms with Gasteiger partial charge in [-0.15, -0.1) is 21.5 Å². The van der Waals surface area contributed by atoms with Crippen molar-refractivity contribution in [2.45, 2.75) is 5.16 Å². The van der Waals surface area contributed by atoms with E-state index in [0.29, 0.717) is 15.9 Å². The van der Waals surface area contributed by atoms with Crippen LogP contribution < -0.4 is 5.32 Å². The second-order valence-electron chi connectivity index (χ2n) is 5.15. The number of thiazole rings is 1. The maximum absolute atomic E-state index is 12.0. The van der Waals surface area contributed by atoms with Crippen molar-refractivity contribution in [1.82, 2.24) is 24.8 Å². The summed E-state index contributed by atoms with van der Waals surface area (Å²) in [5.74, 6) is 0.0515. The van der Waals surface area contributed by atoms with Gasteiger partial charge in [0, 0.05) is 21.6 Å². The van der Waals surface area contributed by atoms with Crippen LogP contribution in [-0.2, 0) is 4.79 Å². The van der Waals surface area contributed by atoms with Gasteiger partial charge >= 0.3 is 0 Å². The Morgan fingerprint density at radius 2 is 2.04 bits per heavy atom. The van der Waals surface area contributed by atoms with Gasteiger partial charge in [-0.05, 0) is 24.3 Å². The van der Waals surface area contributed by atoms with Crippen molar-refractivity contribution in [3.05, 3.63) is 52.4 Å². The van der Waals surface area contributed by atoms with Crippen LogP contribution in [0.1, 0.15) is 0 Å². The summed E-state index contributed by atoms with van der Waals surface area (Å²) < 4.78 is 2.66. The second kappa shape index (κ2) is 7.52. The zero-order valence-corrected chi connectivity index (χ0v) is 16.4. The number of thioether (sulfide) groups is 1. The molecule has 0 bridgehead atoms. The molecule has 7 nitrogen and oxygen atoms in total. The number of nitrogens with zero attached hydrogens (tertiary/aromatic N) is 5. The molecule has 10 heteroatoms. The molecule has 4 aromatic rings. The van der Waals surface area contributed by atoms with E-state index >= 15 is 0 Å². The summed E-state index contributed by atoms with van der Waals surface area (Å²) >= 11 is 6.08. The monoisotopic (exact) mass is 446 g/mol. The summed E-state index contributed by atoms with van der Waals surface area (Å²) in [6, 6.07) is 11.7. The van der Waals surface area contributed by atoms with Crippen LogP contribution in [0.5, 0.6) is 0 Å². The average Bonchev–Trinajstić information content (AvgIpc) is 3.30. The van der Waals surface area contributed by atoms with Gasteiger partial charge in [-0.1, -0.05) is 39.8 Å². The quantitative estimate of drug-likeness (QED) is 0.470. The summed E-state index contributed by atoms with van der Waals surface area (Å²) in [6.45, 7) is 0. The van der Waals surface area contributed by atoms with Crippen molar-refractivity contribution < 1.29 is 4.79 Å². The molecule has 3 aromatic heterocycles. The largest absolute Gasteiger partial charge is 0.301 e. The maximum atomic E-state index is 12.0.